The fraction of sp³-hybridized carbons (Fsp3) is 0.176. The third-order valence-corrected chi connectivity index (χ3v) is 4.97. The van der Waals surface area contributed by atoms with E-state index < -0.39 is 15.7 Å². The van der Waals surface area contributed by atoms with Crippen LogP contribution in [0.1, 0.15) is 21.7 Å². The van der Waals surface area contributed by atoms with Crippen LogP contribution in [-0.2, 0) is 9.84 Å². The second kappa shape index (κ2) is 6.68. The van der Waals surface area contributed by atoms with Crippen molar-refractivity contribution < 1.29 is 13.2 Å². The molecular weight excluding hydrogens is 354 g/mol. The lowest BCUT2D eigenvalue weighted by Gasteiger charge is -2.10. The monoisotopic (exact) mass is 371 g/mol. The third kappa shape index (κ3) is 3.62. The highest BCUT2D eigenvalue weighted by Crippen LogP contribution is 2.19. The number of benzene rings is 2. The predicted molar refractivity (Wildman–Crippen MR) is 96.1 cm³/mol. The van der Waals surface area contributed by atoms with Crippen LogP contribution in [0.3, 0.4) is 0 Å². The first-order valence-electron chi connectivity index (χ1n) is 7.73. The summed E-state index contributed by atoms with van der Waals surface area (Å²) in [5.41, 5.74) is 2.23. The summed E-state index contributed by atoms with van der Waals surface area (Å²) < 4.78 is 25.0. The van der Waals surface area contributed by atoms with Gasteiger partial charge in [0.1, 0.15) is 0 Å². The average Bonchev–Trinajstić information content (AvgIpc) is 3.00. The van der Waals surface area contributed by atoms with E-state index in [4.69, 9.17) is 0 Å². The van der Waals surface area contributed by atoms with Gasteiger partial charge in [-0.15, -0.1) is 5.10 Å². The number of amides is 1. The van der Waals surface area contributed by atoms with Gasteiger partial charge in [-0.3, -0.25) is 4.79 Å². The normalized spacial score (nSPS) is 11.3. The van der Waals surface area contributed by atoms with E-state index in [1.807, 2.05) is 6.07 Å². The van der Waals surface area contributed by atoms with Crippen LogP contribution in [0, 0.1) is 13.8 Å². The maximum Gasteiger partial charge on any atom is 0.255 e. The smallest absolute Gasteiger partial charge is 0.255 e. The number of nitrogens with zero attached hydrogens (tertiary/aromatic N) is 4. The van der Waals surface area contributed by atoms with Crippen molar-refractivity contribution in [1.29, 1.82) is 0 Å². The fourth-order valence-corrected chi connectivity index (χ4v) is 3.11. The largest absolute Gasteiger partial charge is 0.322 e. The molecule has 0 atom stereocenters. The molecule has 0 fully saturated rings. The number of sulfone groups is 1. The van der Waals surface area contributed by atoms with E-state index in [0.717, 1.165) is 6.26 Å². The molecule has 26 heavy (non-hydrogen) atoms. The lowest BCUT2D eigenvalue weighted by atomic mass is 10.1. The summed E-state index contributed by atoms with van der Waals surface area (Å²) >= 11 is 0. The van der Waals surface area contributed by atoms with Crippen molar-refractivity contribution in [2.45, 2.75) is 18.7 Å². The molecule has 0 unspecified atom stereocenters. The Morgan fingerprint density at radius 2 is 1.88 bits per heavy atom. The van der Waals surface area contributed by atoms with E-state index in [9.17, 15) is 13.2 Å². The Kier molecular flexibility index (Phi) is 4.56. The van der Waals surface area contributed by atoms with E-state index in [-0.39, 0.29) is 4.90 Å². The lowest BCUT2D eigenvalue weighted by Crippen LogP contribution is -2.14. The second-order valence-electron chi connectivity index (χ2n) is 5.89. The zero-order valence-corrected chi connectivity index (χ0v) is 15.3. The standard InChI is InChI=1S/C17H17N5O3S/c1-11-7-8-15(26(3,24)25)10-16(11)17(23)18-13-5-4-6-14(9-13)22-12(2)19-20-21-22/h4-10H,1-3H3,(H,18,23). The molecule has 1 aromatic heterocycles. The van der Waals surface area contributed by atoms with Crippen molar-refractivity contribution in [1.82, 2.24) is 20.2 Å². The quantitative estimate of drug-likeness (QED) is 0.751. The van der Waals surface area contributed by atoms with Gasteiger partial charge in [0.05, 0.1) is 10.6 Å². The summed E-state index contributed by atoms with van der Waals surface area (Å²) in [6, 6.07) is 11.5. The van der Waals surface area contributed by atoms with Gasteiger partial charge in [-0.1, -0.05) is 12.1 Å². The third-order valence-electron chi connectivity index (χ3n) is 3.86. The maximum atomic E-state index is 12.6. The minimum Gasteiger partial charge on any atom is -0.322 e. The Balaban J connectivity index is 1.91. The highest BCUT2D eigenvalue weighted by Gasteiger charge is 2.15. The van der Waals surface area contributed by atoms with E-state index in [1.165, 1.54) is 12.1 Å². The Morgan fingerprint density at radius 1 is 1.12 bits per heavy atom. The SMILES string of the molecule is Cc1ccc(S(C)(=O)=O)cc1C(=O)Nc1cccc(-n2nnnc2C)c1. The first kappa shape index (κ1) is 17.7. The molecule has 0 radical (unpaired) electrons. The Labute approximate surface area is 150 Å². The van der Waals surface area contributed by atoms with Crippen molar-refractivity contribution in [2.75, 3.05) is 11.6 Å². The number of rotatable bonds is 4. The summed E-state index contributed by atoms with van der Waals surface area (Å²) in [5, 5.41) is 14.1. The Hall–Kier alpha value is -3.07. The molecule has 8 nitrogen and oxygen atoms in total. The Bertz CT molecular complexity index is 1090. The van der Waals surface area contributed by atoms with Crippen molar-refractivity contribution >= 4 is 21.4 Å². The van der Waals surface area contributed by atoms with Crippen LogP contribution in [-0.4, -0.2) is 40.8 Å². The van der Waals surface area contributed by atoms with Crippen molar-refractivity contribution in [3.63, 3.8) is 0 Å². The number of aryl methyl sites for hydroxylation is 2. The molecule has 3 rings (SSSR count). The molecule has 134 valence electrons. The van der Waals surface area contributed by atoms with Gasteiger partial charge in [-0.25, -0.2) is 8.42 Å². The van der Waals surface area contributed by atoms with Crippen molar-refractivity contribution in [3.8, 4) is 5.69 Å². The molecule has 0 aliphatic carbocycles. The summed E-state index contributed by atoms with van der Waals surface area (Å²) in [6.07, 6.45) is 1.11. The van der Waals surface area contributed by atoms with E-state index in [0.29, 0.717) is 28.3 Å². The van der Waals surface area contributed by atoms with Crippen LogP contribution in [0.15, 0.2) is 47.4 Å². The number of aromatic nitrogens is 4. The molecule has 0 saturated carbocycles. The van der Waals surface area contributed by atoms with Crippen LogP contribution in [0.25, 0.3) is 5.69 Å². The molecular formula is C17H17N5O3S. The maximum absolute atomic E-state index is 12.6. The number of tetrazole rings is 1. The topological polar surface area (TPSA) is 107 Å². The van der Waals surface area contributed by atoms with Gasteiger partial charge >= 0.3 is 0 Å². The zero-order valence-electron chi connectivity index (χ0n) is 14.5. The number of hydrogen-bond donors (Lipinski definition) is 1. The molecule has 0 aliphatic rings. The minimum absolute atomic E-state index is 0.103. The van der Waals surface area contributed by atoms with Gasteiger partial charge in [-0.2, -0.15) is 4.68 Å². The summed E-state index contributed by atoms with van der Waals surface area (Å²) in [5.74, 6) is 0.226. The predicted octanol–water partition coefficient (Wildman–Crippen LogP) is 1.93. The van der Waals surface area contributed by atoms with Crippen LogP contribution in [0.2, 0.25) is 0 Å². The second-order valence-corrected chi connectivity index (χ2v) is 7.91. The molecule has 1 amide bonds. The molecule has 0 saturated heterocycles. The average molecular weight is 371 g/mol. The molecule has 9 heteroatoms. The lowest BCUT2D eigenvalue weighted by molar-refractivity contribution is 0.102. The summed E-state index contributed by atoms with van der Waals surface area (Å²) in [7, 11) is -3.40. The first-order valence-corrected chi connectivity index (χ1v) is 9.62. The molecule has 3 aromatic rings. The molecule has 0 bridgehead atoms. The van der Waals surface area contributed by atoms with Gasteiger partial charge < -0.3 is 5.32 Å². The molecule has 1 N–H and O–H groups in total. The van der Waals surface area contributed by atoms with E-state index in [1.54, 1.807) is 42.8 Å². The van der Waals surface area contributed by atoms with Crippen LogP contribution < -0.4 is 5.32 Å². The first-order chi connectivity index (χ1) is 12.3. The molecule has 1 heterocycles. The van der Waals surface area contributed by atoms with E-state index >= 15 is 0 Å². The Morgan fingerprint density at radius 3 is 2.54 bits per heavy atom. The van der Waals surface area contributed by atoms with Gasteiger partial charge in [0.25, 0.3) is 5.91 Å². The fourth-order valence-electron chi connectivity index (χ4n) is 2.46. The van der Waals surface area contributed by atoms with Gasteiger partial charge in [0, 0.05) is 17.5 Å². The van der Waals surface area contributed by atoms with Crippen molar-refractivity contribution in [3.05, 3.63) is 59.4 Å². The van der Waals surface area contributed by atoms with Gasteiger partial charge in [-0.05, 0) is 60.2 Å². The number of carbonyl (C=O) groups is 1. The highest BCUT2D eigenvalue weighted by atomic mass is 32.2. The van der Waals surface area contributed by atoms with Crippen LogP contribution in [0.4, 0.5) is 5.69 Å². The number of hydrogen-bond acceptors (Lipinski definition) is 6. The van der Waals surface area contributed by atoms with Crippen LogP contribution >= 0.6 is 0 Å². The van der Waals surface area contributed by atoms with Crippen molar-refractivity contribution in [2.24, 2.45) is 0 Å². The minimum atomic E-state index is -3.40. The van der Waals surface area contributed by atoms with E-state index in [2.05, 4.69) is 20.8 Å². The molecule has 0 aliphatic heterocycles. The zero-order chi connectivity index (χ0) is 18.9. The highest BCUT2D eigenvalue weighted by molar-refractivity contribution is 7.90. The van der Waals surface area contributed by atoms with Gasteiger partial charge in [0.15, 0.2) is 15.7 Å². The number of carbonyl (C=O) groups excluding carboxylic acids is 1. The summed E-state index contributed by atoms with van der Waals surface area (Å²) in [6.45, 7) is 3.52. The van der Waals surface area contributed by atoms with Gasteiger partial charge in [0.2, 0.25) is 0 Å². The summed E-state index contributed by atoms with van der Waals surface area (Å²) in [4.78, 5) is 12.7. The number of anilines is 1. The molecule has 2 aromatic carbocycles. The molecule has 0 spiro atoms. The van der Waals surface area contributed by atoms with Crippen LogP contribution in [0.5, 0.6) is 0 Å². The number of nitrogens with one attached hydrogen (secondary N) is 1.